The molecule has 3 rings (SSSR count). The van der Waals surface area contributed by atoms with Crippen LogP contribution in [0.1, 0.15) is 17.5 Å². The number of benzene rings is 2. The first-order valence-corrected chi connectivity index (χ1v) is 8.81. The molecule has 0 fully saturated rings. The molecule has 0 aliphatic carbocycles. The topological polar surface area (TPSA) is 39.1 Å². The predicted octanol–water partition coefficient (Wildman–Crippen LogP) is 4.30. The molecule has 130 valence electrons. The summed E-state index contributed by atoms with van der Waals surface area (Å²) in [7, 11) is 0. The van der Waals surface area contributed by atoms with Crippen LogP contribution >= 0.6 is 11.6 Å². The molecule has 0 unspecified atom stereocenters. The summed E-state index contributed by atoms with van der Waals surface area (Å²) >= 11 is 5.92. The van der Waals surface area contributed by atoms with E-state index in [9.17, 15) is 0 Å². The van der Waals surface area contributed by atoms with Crippen molar-refractivity contribution in [1.82, 2.24) is 14.9 Å². The van der Waals surface area contributed by atoms with E-state index in [0.29, 0.717) is 6.61 Å². The van der Waals surface area contributed by atoms with E-state index in [1.54, 1.807) is 0 Å². The average Bonchev–Trinajstić information content (AvgIpc) is 3.15. The summed E-state index contributed by atoms with van der Waals surface area (Å²) < 4.78 is 8.07. The minimum Gasteiger partial charge on any atom is -0.489 e. The SMILES string of the molecule is Clc1ccc(COc2ccccc2CNCCCn2ccnc2)cc1. The van der Waals surface area contributed by atoms with Crippen LogP contribution in [0, 0.1) is 0 Å². The van der Waals surface area contributed by atoms with Crippen molar-refractivity contribution in [3.05, 3.63) is 83.4 Å². The van der Waals surface area contributed by atoms with Crippen LogP contribution in [0.25, 0.3) is 0 Å². The Labute approximate surface area is 153 Å². The number of imidazole rings is 1. The molecular weight excluding hydrogens is 334 g/mol. The van der Waals surface area contributed by atoms with Gasteiger partial charge in [-0.25, -0.2) is 4.98 Å². The zero-order valence-corrected chi connectivity index (χ0v) is 14.8. The molecule has 0 saturated heterocycles. The van der Waals surface area contributed by atoms with Crippen LogP contribution in [0.4, 0.5) is 0 Å². The van der Waals surface area contributed by atoms with Crippen molar-refractivity contribution in [1.29, 1.82) is 0 Å². The molecule has 2 aromatic carbocycles. The molecule has 25 heavy (non-hydrogen) atoms. The van der Waals surface area contributed by atoms with E-state index >= 15 is 0 Å². The summed E-state index contributed by atoms with van der Waals surface area (Å²) in [6, 6.07) is 15.9. The largest absolute Gasteiger partial charge is 0.489 e. The summed E-state index contributed by atoms with van der Waals surface area (Å²) in [5, 5.41) is 4.22. The number of nitrogens with zero attached hydrogens (tertiary/aromatic N) is 2. The predicted molar refractivity (Wildman–Crippen MR) is 101 cm³/mol. The zero-order chi connectivity index (χ0) is 17.3. The molecule has 0 spiro atoms. The van der Waals surface area contributed by atoms with Gasteiger partial charge in [0.2, 0.25) is 0 Å². The molecule has 0 bridgehead atoms. The third kappa shape index (κ3) is 5.62. The Morgan fingerprint density at radius 2 is 1.92 bits per heavy atom. The van der Waals surface area contributed by atoms with E-state index in [1.165, 1.54) is 5.56 Å². The van der Waals surface area contributed by atoms with Crippen molar-refractivity contribution in [3.8, 4) is 5.75 Å². The Kier molecular flexibility index (Phi) is 6.48. The lowest BCUT2D eigenvalue weighted by atomic mass is 10.2. The summed E-state index contributed by atoms with van der Waals surface area (Å²) in [5.74, 6) is 0.916. The standard InChI is InChI=1S/C20H22ClN3O/c21-19-8-6-17(7-9-19)15-25-20-5-2-1-4-18(20)14-22-10-3-12-24-13-11-23-16-24/h1-2,4-9,11,13,16,22H,3,10,12,14-15H2. The second-order valence-electron chi connectivity index (χ2n) is 5.85. The highest BCUT2D eigenvalue weighted by molar-refractivity contribution is 6.30. The van der Waals surface area contributed by atoms with Gasteiger partial charge in [0.25, 0.3) is 0 Å². The Morgan fingerprint density at radius 1 is 1.08 bits per heavy atom. The van der Waals surface area contributed by atoms with Crippen LogP contribution in [0.5, 0.6) is 5.75 Å². The molecule has 0 aliphatic rings. The molecule has 5 heteroatoms. The fourth-order valence-electron chi connectivity index (χ4n) is 2.56. The maximum Gasteiger partial charge on any atom is 0.124 e. The summed E-state index contributed by atoms with van der Waals surface area (Å²) in [6.45, 7) is 3.25. The van der Waals surface area contributed by atoms with E-state index in [0.717, 1.165) is 42.4 Å². The minimum absolute atomic E-state index is 0.537. The van der Waals surface area contributed by atoms with Crippen molar-refractivity contribution < 1.29 is 4.74 Å². The number of hydrogen-bond acceptors (Lipinski definition) is 3. The second-order valence-corrected chi connectivity index (χ2v) is 6.29. The van der Waals surface area contributed by atoms with Gasteiger partial charge in [0, 0.05) is 36.1 Å². The summed E-state index contributed by atoms with van der Waals surface area (Å²) in [5.41, 5.74) is 2.27. The summed E-state index contributed by atoms with van der Waals surface area (Å²) in [6.07, 6.45) is 6.70. The molecule has 3 aromatic rings. The van der Waals surface area contributed by atoms with Crippen LogP contribution in [0.15, 0.2) is 67.3 Å². The minimum atomic E-state index is 0.537. The van der Waals surface area contributed by atoms with E-state index in [2.05, 4.69) is 20.9 Å². The van der Waals surface area contributed by atoms with Crippen LogP contribution in [-0.4, -0.2) is 16.1 Å². The van der Waals surface area contributed by atoms with Gasteiger partial charge in [0.15, 0.2) is 0 Å². The number of aryl methyl sites for hydroxylation is 1. The summed E-state index contributed by atoms with van der Waals surface area (Å²) in [4.78, 5) is 4.05. The van der Waals surface area contributed by atoms with Gasteiger partial charge in [-0.05, 0) is 36.7 Å². The molecule has 1 aromatic heterocycles. The first kappa shape index (κ1) is 17.5. The van der Waals surface area contributed by atoms with Gasteiger partial charge < -0.3 is 14.6 Å². The highest BCUT2D eigenvalue weighted by atomic mass is 35.5. The lowest BCUT2D eigenvalue weighted by Crippen LogP contribution is -2.17. The highest BCUT2D eigenvalue weighted by Crippen LogP contribution is 2.19. The van der Waals surface area contributed by atoms with E-state index in [-0.39, 0.29) is 0 Å². The van der Waals surface area contributed by atoms with Gasteiger partial charge in [0.1, 0.15) is 12.4 Å². The Morgan fingerprint density at radius 3 is 2.72 bits per heavy atom. The number of aromatic nitrogens is 2. The Hall–Kier alpha value is -2.30. The monoisotopic (exact) mass is 355 g/mol. The molecule has 0 amide bonds. The average molecular weight is 356 g/mol. The molecule has 0 atom stereocenters. The Bertz CT molecular complexity index is 757. The van der Waals surface area contributed by atoms with Gasteiger partial charge in [-0.15, -0.1) is 0 Å². The normalized spacial score (nSPS) is 10.8. The first-order valence-electron chi connectivity index (χ1n) is 8.43. The molecule has 4 nitrogen and oxygen atoms in total. The van der Waals surface area contributed by atoms with E-state index in [1.807, 2.05) is 61.2 Å². The van der Waals surface area contributed by atoms with Gasteiger partial charge >= 0.3 is 0 Å². The lowest BCUT2D eigenvalue weighted by Gasteiger charge is -2.12. The van der Waals surface area contributed by atoms with Gasteiger partial charge in [0.05, 0.1) is 6.33 Å². The molecule has 0 saturated carbocycles. The van der Waals surface area contributed by atoms with Crippen LogP contribution < -0.4 is 10.1 Å². The van der Waals surface area contributed by atoms with Crippen molar-refractivity contribution >= 4 is 11.6 Å². The van der Waals surface area contributed by atoms with Crippen LogP contribution in [0.3, 0.4) is 0 Å². The van der Waals surface area contributed by atoms with E-state index in [4.69, 9.17) is 16.3 Å². The maximum atomic E-state index is 5.98. The second kappa shape index (κ2) is 9.25. The molecule has 0 aliphatic heterocycles. The van der Waals surface area contributed by atoms with Gasteiger partial charge in [-0.2, -0.15) is 0 Å². The van der Waals surface area contributed by atoms with E-state index < -0.39 is 0 Å². The fraction of sp³-hybridized carbons (Fsp3) is 0.250. The first-order chi connectivity index (χ1) is 12.3. The number of hydrogen-bond donors (Lipinski definition) is 1. The van der Waals surface area contributed by atoms with Gasteiger partial charge in [-0.1, -0.05) is 41.9 Å². The number of ether oxygens (including phenoxy) is 1. The fourth-order valence-corrected chi connectivity index (χ4v) is 2.69. The maximum absolute atomic E-state index is 5.98. The van der Waals surface area contributed by atoms with Crippen molar-refractivity contribution in [2.45, 2.75) is 26.1 Å². The molecule has 0 radical (unpaired) electrons. The van der Waals surface area contributed by atoms with Crippen LogP contribution in [0.2, 0.25) is 5.02 Å². The Balaban J connectivity index is 1.46. The number of para-hydroxylation sites is 1. The molecule has 1 heterocycles. The van der Waals surface area contributed by atoms with Crippen molar-refractivity contribution in [3.63, 3.8) is 0 Å². The number of nitrogens with one attached hydrogen (secondary N) is 1. The quantitative estimate of drug-likeness (QED) is 0.582. The zero-order valence-electron chi connectivity index (χ0n) is 14.1. The third-order valence-electron chi connectivity index (χ3n) is 3.92. The highest BCUT2D eigenvalue weighted by Gasteiger charge is 2.03. The number of halogens is 1. The smallest absolute Gasteiger partial charge is 0.124 e. The van der Waals surface area contributed by atoms with Crippen molar-refractivity contribution in [2.24, 2.45) is 0 Å². The molecule has 1 N–H and O–H groups in total. The third-order valence-corrected chi connectivity index (χ3v) is 4.18. The molecular formula is C20H22ClN3O. The van der Waals surface area contributed by atoms with Crippen molar-refractivity contribution in [2.75, 3.05) is 6.54 Å². The number of rotatable bonds is 9. The van der Waals surface area contributed by atoms with Crippen LogP contribution in [-0.2, 0) is 19.7 Å². The van der Waals surface area contributed by atoms with Gasteiger partial charge in [-0.3, -0.25) is 0 Å². The lowest BCUT2D eigenvalue weighted by molar-refractivity contribution is 0.302.